The first-order valence-electron chi connectivity index (χ1n) is 10.1. The van der Waals surface area contributed by atoms with Crippen LogP contribution in [0.25, 0.3) is 11.0 Å². The molecule has 1 aliphatic rings. The molecule has 1 amide bonds. The summed E-state index contributed by atoms with van der Waals surface area (Å²) in [4.78, 5) is 33.1. The molecule has 160 valence electrons. The van der Waals surface area contributed by atoms with E-state index < -0.39 is 11.9 Å². The largest absolute Gasteiger partial charge is 0.497 e. The summed E-state index contributed by atoms with van der Waals surface area (Å²) in [6.07, 6.45) is 1.60. The maximum absolute atomic E-state index is 13.7. The number of rotatable bonds is 4. The van der Waals surface area contributed by atoms with Crippen LogP contribution in [0.5, 0.6) is 11.5 Å². The summed E-state index contributed by atoms with van der Waals surface area (Å²) in [6.45, 7) is 1.90. The minimum atomic E-state index is -0.793. The molecule has 0 radical (unpaired) electrons. The van der Waals surface area contributed by atoms with Crippen molar-refractivity contribution in [2.45, 2.75) is 13.0 Å². The molecule has 0 saturated heterocycles. The van der Waals surface area contributed by atoms with E-state index in [0.29, 0.717) is 33.8 Å². The minimum Gasteiger partial charge on any atom is -0.497 e. The van der Waals surface area contributed by atoms with Gasteiger partial charge < -0.3 is 13.9 Å². The van der Waals surface area contributed by atoms with Crippen molar-refractivity contribution in [3.63, 3.8) is 0 Å². The number of methoxy groups -OCH3 is 2. The van der Waals surface area contributed by atoms with Gasteiger partial charge in [-0.15, -0.1) is 0 Å². The van der Waals surface area contributed by atoms with Crippen LogP contribution in [-0.4, -0.2) is 25.1 Å². The Morgan fingerprint density at radius 3 is 2.56 bits per heavy atom. The van der Waals surface area contributed by atoms with Gasteiger partial charge in [-0.1, -0.05) is 17.7 Å². The van der Waals surface area contributed by atoms with Crippen LogP contribution >= 0.6 is 0 Å². The molecule has 0 bridgehead atoms. The molecule has 3 heterocycles. The number of anilines is 1. The molecule has 1 aliphatic heterocycles. The van der Waals surface area contributed by atoms with Gasteiger partial charge in [0.25, 0.3) is 5.91 Å². The third-order valence-electron chi connectivity index (χ3n) is 5.65. The monoisotopic (exact) mass is 428 g/mol. The molecular formula is C25H20N2O5. The average Bonchev–Trinajstić information content (AvgIpc) is 3.12. The molecule has 7 nitrogen and oxygen atoms in total. The maximum Gasteiger partial charge on any atom is 0.296 e. The van der Waals surface area contributed by atoms with E-state index in [1.54, 1.807) is 68.9 Å². The van der Waals surface area contributed by atoms with Gasteiger partial charge in [-0.25, -0.2) is 4.98 Å². The summed E-state index contributed by atoms with van der Waals surface area (Å²) < 4.78 is 17.0. The molecule has 5 rings (SSSR count). The summed E-state index contributed by atoms with van der Waals surface area (Å²) in [5.74, 6) is 1.06. The number of hydrogen-bond acceptors (Lipinski definition) is 6. The molecule has 32 heavy (non-hydrogen) atoms. The smallest absolute Gasteiger partial charge is 0.296 e. The van der Waals surface area contributed by atoms with Crippen molar-refractivity contribution in [1.29, 1.82) is 0 Å². The highest BCUT2D eigenvalue weighted by atomic mass is 16.5. The molecule has 1 atom stereocenters. The Morgan fingerprint density at radius 2 is 1.84 bits per heavy atom. The lowest BCUT2D eigenvalue weighted by Gasteiger charge is -2.25. The van der Waals surface area contributed by atoms with Gasteiger partial charge in [-0.3, -0.25) is 14.5 Å². The standard InChI is InChI=1S/C25H20N2O5/c1-14-7-9-19-17(12-14)23(28)21-22(16-13-15(30-2)8-10-18(16)31-3)27(25(29)24(21)32-19)20-6-4-5-11-26-20/h4-13,22H,1-3H3. The lowest BCUT2D eigenvalue weighted by molar-refractivity contribution is 0.0970. The van der Waals surface area contributed by atoms with Crippen LogP contribution in [-0.2, 0) is 0 Å². The van der Waals surface area contributed by atoms with Crippen molar-refractivity contribution in [1.82, 2.24) is 4.98 Å². The predicted molar refractivity (Wildman–Crippen MR) is 120 cm³/mol. The Labute approximate surface area is 183 Å². The lowest BCUT2D eigenvalue weighted by Crippen LogP contribution is -2.30. The van der Waals surface area contributed by atoms with E-state index in [0.717, 1.165) is 5.56 Å². The first kappa shape index (κ1) is 19.8. The zero-order valence-electron chi connectivity index (χ0n) is 17.8. The van der Waals surface area contributed by atoms with Crippen molar-refractivity contribution >= 4 is 22.7 Å². The SMILES string of the molecule is COc1ccc(OC)c(C2c3c(oc4ccc(C)cc4c3=O)C(=O)N2c2ccccn2)c1. The number of aryl methyl sites for hydroxylation is 1. The molecule has 0 fully saturated rings. The summed E-state index contributed by atoms with van der Waals surface area (Å²) in [5, 5.41) is 0.422. The van der Waals surface area contributed by atoms with Gasteiger partial charge in [0.2, 0.25) is 5.76 Å². The van der Waals surface area contributed by atoms with Crippen molar-refractivity contribution in [3.05, 3.63) is 93.5 Å². The fourth-order valence-electron chi connectivity index (χ4n) is 4.17. The van der Waals surface area contributed by atoms with Gasteiger partial charge in [0.15, 0.2) is 5.43 Å². The summed E-state index contributed by atoms with van der Waals surface area (Å²) in [7, 11) is 3.10. The van der Waals surface area contributed by atoms with E-state index in [2.05, 4.69) is 4.98 Å². The Kier molecular flexibility index (Phi) is 4.66. The zero-order valence-corrected chi connectivity index (χ0v) is 17.8. The Bertz CT molecular complexity index is 1410. The molecule has 0 saturated carbocycles. The molecule has 2 aromatic heterocycles. The van der Waals surface area contributed by atoms with E-state index in [1.807, 2.05) is 13.0 Å². The molecule has 0 spiro atoms. The average molecular weight is 428 g/mol. The number of aromatic nitrogens is 1. The fourth-order valence-corrected chi connectivity index (χ4v) is 4.17. The fraction of sp³-hybridized carbons (Fsp3) is 0.160. The van der Waals surface area contributed by atoms with Crippen LogP contribution in [0.15, 0.2) is 70.0 Å². The number of benzene rings is 2. The summed E-state index contributed by atoms with van der Waals surface area (Å²) in [6, 6.07) is 15.1. The number of amides is 1. The highest BCUT2D eigenvalue weighted by Crippen LogP contribution is 2.44. The van der Waals surface area contributed by atoms with Crippen molar-refractivity contribution < 1.29 is 18.7 Å². The number of carbonyl (C=O) groups is 1. The second-order valence-electron chi connectivity index (χ2n) is 7.55. The van der Waals surface area contributed by atoms with Crippen molar-refractivity contribution in [2.24, 2.45) is 0 Å². The van der Waals surface area contributed by atoms with E-state index in [4.69, 9.17) is 13.9 Å². The van der Waals surface area contributed by atoms with Crippen molar-refractivity contribution in [3.8, 4) is 11.5 Å². The molecular weight excluding hydrogens is 408 g/mol. The third-order valence-corrected chi connectivity index (χ3v) is 5.65. The number of fused-ring (bicyclic) bond motifs is 2. The summed E-state index contributed by atoms with van der Waals surface area (Å²) >= 11 is 0. The van der Waals surface area contributed by atoms with Gasteiger partial charge in [-0.05, 0) is 49.4 Å². The maximum atomic E-state index is 13.7. The van der Waals surface area contributed by atoms with Gasteiger partial charge in [-0.2, -0.15) is 0 Å². The highest BCUT2D eigenvalue weighted by molar-refractivity contribution is 6.10. The number of pyridine rings is 1. The molecule has 1 unspecified atom stereocenters. The zero-order chi connectivity index (χ0) is 22.4. The van der Waals surface area contributed by atoms with E-state index in [-0.39, 0.29) is 16.8 Å². The Hall–Kier alpha value is -4.13. The Morgan fingerprint density at radius 1 is 1.00 bits per heavy atom. The first-order chi connectivity index (χ1) is 15.5. The second kappa shape index (κ2) is 7.53. The van der Waals surface area contributed by atoms with Gasteiger partial charge in [0.1, 0.15) is 28.9 Å². The normalized spacial score (nSPS) is 15.2. The van der Waals surface area contributed by atoms with Crippen molar-refractivity contribution in [2.75, 3.05) is 19.1 Å². The molecule has 0 aliphatic carbocycles. The van der Waals surface area contributed by atoms with E-state index in [9.17, 15) is 9.59 Å². The van der Waals surface area contributed by atoms with Crippen LogP contribution in [0.1, 0.15) is 33.3 Å². The second-order valence-corrected chi connectivity index (χ2v) is 7.55. The van der Waals surface area contributed by atoms with Gasteiger partial charge in [0.05, 0.1) is 25.2 Å². The highest BCUT2D eigenvalue weighted by Gasteiger charge is 2.45. The number of carbonyl (C=O) groups excluding carboxylic acids is 1. The summed E-state index contributed by atoms with van der Waals surface area (Å²) in [5.41, 5.74) is 1.89. The van der Waals surface area contributed by atoms with Crippen LogP contribution in [0.2, 0.25) is 0 Å². The first-order valence-corrected chi connectivity index (χ1v) is 10.1. The third kappa shape index (κ3) is 2.93. The van der Waals surface area contributed by atoms with Crippen LogP contribution in [0, 0.1) is 6.92 Å². The van der Waals surface area contributed by atoms with Gasteiger partial charge >= 0.3 is 0 Å². The topological polar surface area (TPSA) is 81.9 Å². The van der Waals surface area contributed by atoms with Crippen LogP contribution in [0.4, 0.5) is 5.82 Å². The molecule has 7 heteroatoms. The van der Waals surface area contributed by atoms with E-state index in [1.165, 1.54) is 4.90 Å². The van der Waals surface area contributed by atoms with Crippen LogP contribution in [0.3, 0.4) is 0 Å². The number of ether oxygens (including phenoxy) is 2. The van der Waals surface area contributed by atoms with E-state index >= 15 is 0 Å². The quantitative estimate of drug-likeness (QED) is 0.483. The van der Waals surface area contributed by atoms with Gasteiger partial charge in [0, 0.05) is 11.8 Å². The number of hydrogen-bond donors (Lipinski definition) is 0. The minimum absolute atomic E-state index is 0.00637. The lowest BCUT2D eigenvalue weighted by atomic mass is 9.97. The predicted octanol–water partition coefficient (Wildman–Crippen LogP) is 4.26. The van der Waals surface area contributed by atoms with Crippen LogP contribution < -0.4 is 19.8 Å². The number of nitrogens with zero attached hydrogens (tertiary/aromatic N) is 2. The molecule has 4 aromatic rings. The Balaban J connectivity index is 1.86. The molecule has 2 aromatic carbocycles. The molecule has 0 N–H and O–H groups in total.